The summed E-state index contributed by atoms with van der Waals surface area (Å²) in [5.74, 6) is 0.736. The number of hydrogen-bond donors (Lipinski definition) is 0. The van der Waals surface area contributed by atoms with Crippen LogP contribution in [0.4, 0.5) is 0 Å². The Hall–Kier alpha value is -1.86. The smallest absolute Gasteiger partial charge is 0.213 e. The highest BCUT2D eigenvalue weighted by Crippen LogP contribution is 2.32. The first-order valence-electron chi connectivity index (χ1n) is 6.83. The molecule has 0 N–H and O–H groups in total. The molecular formula is C15H15N3O2S2. The van der Waals surface area contributed by atoms with Gasteiger partial charge in [-0.3, -0.25) is 0 Å². The van der Waals surface area contributed by atoms with Crippen LogP contribution in [0.15, 0.2) is 57.4 Å². The number of fused-ring (bicyclic) bond motifs is 1. The normalized spacial score (nSPS) is 11.9. The van der Waals surface area contributed by atoms with Gasteiger partial charge < -0.3 is 0 Å². The lowest BCUT2D eigenvalue weighted by Crippen LogP contribution is -2.04. The van der Waals surface area contributed by atoms with Crippen molar-refractivity contribution in [3.8, 4) is 0 Å². The molecule has 3 aromatic rings. The van der Waals surface area contributed by atoms with Crippen molar-refractivity contribution in [2.45, 2.75) is 28.7 Å². The van der Waals surface area contributed by atoms with Crippen LogP contribution in [-0.2, 0) is 9.84 Å². The molecule has 0 aliphatic carbocycles. The van der Waals surface area contributed by atoms with Crippen molar-refractivity contribution in [2.24, 2.45) is 0 Å². The SMILES string of the molecule is CCSc1nn2ccc(C)nc2c1S(=O)(=O)c1ccccc1. The van der Waals surface area contributed by atoms with Gasteiger partial charge in [-0.2, -0.15) is 5.10 Å². The summed E-state index contributed by atoms with van der Waals surface area (Å²) in [5.41, 5.74) is 1.13. The molecule has 0 aliphatic rings. The van der Waals surface area contributed by atoms with Gasteiger partial charge in [-0.05, 0) is 30.9 Å². The molecule has 0 fully saturated rings. The summed E-state index contributed by atoms with van der Waals surface area (Å²) < 4.78 is 27.5. The highest BCUT2D eigenvalue weighted by atomic mass is 32.2. The first-order chi connectivity index (χ1) is 10.5. The van der Waals surface area contributed by atoms with Gasteiger partial charge in [0.2, 0.25) is 9.84 Å². The van der Waals surface area contributed by atoms with Crippen LogP contribution in [0.5, 0.6) is 0 Å². The minimum absolute atomic E-state index is 0.189. The average molecular weight is 333 g/mol. The summed E-state index contributed by atoms with van der Waals surface area (Å²) >= 11 is 1.40. The number of rotatable bonds is 4. The molecule has 2 heterocycles. The number of aromatic nitrogens is 3. The summed E-state index contributed by atoms with van der Waals surface area (Å²) in [6.45, 7) is 3.80. The first-order valence-corrected chi connectivity index (χ1v) is 9.30. The molecule has 0 aliphatic heterocycles. The first kappa shape index (κ1) is 15.1. The highest BCUT2D eigenvalue weighted by molar-refractivity contribution is 8.00. The second kappa shape index (κ2) is 5.73. The van der Waals surface area contributed by atoms with Crippen molar-refractivity contribution in [1.29, 1.82) is 0 Å². The van der Waals surface area contributed by atoms with Gasteiger partial charge in [0.25, 0.3) is 0 Å². The Balaban J connectivity index is 2.33. The second-order valence-electron chi connectivity index (χ2n) is 4.72. The van der Waals surface area contributed by atoms with Crippen molar-refractivity contribution in [3.05, 3.63) is 48.3 Å². The maximum Gasteiger partial charge on any atom is 0.213 e. The summed E-state index contributed by atoms with van der Waals surface area (Å²) in [7, 11) is -3.66. The van der Waals surface area contributed by atoms with Crippen molar-refractivity contribution in [2.75, 3.05) is 5.75 Å². The molecule has 0 unspecified atom stereocenters. The summed E-state index contributed by atoms with van der Waals surface area (Å²) in [6, 6.07) is 10.2. The van der Waals surface area contributed by atoms with Crippen LogP contribution < -0.4 is 0 Å². The number of nitrogens with zero attached hydrogens (tertiary/aromatic N) is 3. The number of sulfone groups is 1. The van der Waals surface area contributed by atoms with E-state index in [-0.39, 0.29) is 9.79 Å². The van der Waals surface area contributed by atoms with Crippen LogP contribution in [0, 0.1) is 6.92 Å². The minimum atomic E-state index is -3.66. The van der Waals surface area contributed by atoms with E-state index in [1.54, 1.807) is 42.6 Å². The Kier molecular flexibility index (Phi) is 3.92. The van der Waals surface area contributed by atoms with E-state index in [9.17, 15) is 8.42 Å². The molecule has 0 spiro atoms. The zero-order valence-corrected chi connectivity index (χ0v) is 13.9. The van der Waals surface area contributed by atoms with Gasteiger partial charge in [-0.15, -0.1) is 11.8 Å². The van der Waals surface area contributed by atoms with Crippen molar-refractivity contribution >= 4 is 27.2 Å². The predicted octanol–water partition coefficient (Wildman–Crippen LogP) is 2.98. The molecule has 0 saturated heterocycles. The van der Waals surface area contributed by atoms with Crippen molar-refractivity contribution in [3.63, 3.8) is 0 Å². The van der Waals surface area contributed by atoms with Gasteiger partial charge in [0.1, 0.15) is 5.03 Å². The van der Waals surface area contributed by atoms with E-state index in [0.29, 0.717) is 10.7 Å². The Labute approximate surface area is 133 Å². The van der Waals surface area contributed by atoms with Gasteiger partial charge in [0.15, 0.2) is 10.5 Å². The molecule has 7 heteroatoms. The van der Waals surface area contributed by atoms with Crippen LogP contribution >= 0.6 is 11.8 Å². The Morgan fingerprint density at radius 3 is 2.59 bits per heavy atom. The fraction of sp³-hybridized carbons (Fsp3) is 0.200. The molecule has 22 heavy (non-hydrogen) atoms. The molecule has 0 amide bonds. The molecule has 114 valence electrons. The molecule has 0 saturated carbocycles. The molecule has 3 rings (SSSR count). The Bertz CT molecular complexity index is 919. The number of thioether (sulfide) groups is 1. The summed E-state index contributed by atoms with van der Waals surface area (Å²) in [4.78, 5) is 4.82. The minimum Gasteiger partial charge on any atom is -0.233 e. The van der Waals surface area contributed by atoms with E-state index in [4.69, 9.17) is 0 Å². The lowest BCUT2D eigenvalue weighted by atomic mass is 10.4. The average Bonchev–Trinajstić information content (AvgIpc) is 2.86. The highest BCUT2D eigenvalue weighted by Gasteiger charge is 2.28. The molecule has 0 bridgehead atoms. The van der Waals surface area contributed by atoms with Gasteiger partial charge in [-0.1, -0.05) is 25.1 Å². The van der Waals surface area contributed by atoms with Crippen molar-refractivity contribution < 1.29 is 8.42 Å². The molecule has 2 aromatic heterocycles. The predicted molar refractivity (Wildman–Crippen MR) is 86.0 cm³/mol. The molecule has 1 aromatic carbocycles. The van der Waals surface area contributed by atoms with Crippen LogP contribution in [0.2, 0.25) is 0 Å². The third-order valence-corrected chi connectivity index (χ3v) is 5.94. The van der Waals surface area contributed by atoms with Gasteiger partial charge in [-0.25, -0.2) is 17.9 Å². The quantitative estimate of drug-likeness (QED) is 0.687. The maximum atomic E-state index is 13.0. The lowest BCUT2D eigenvalue weighted by molar-refractivity contribution is 0.594. The Morgan fingerprint density at radius 2 is 1.91 bits per heavy atom. The fourth-order valence-electron chi connectivity index (χ4n) is 2.16. The number of hydrogen-bond acceptors (Lipinski definition) is 5. The van der Waals surface area contributed by atoms with Crippen LogP contribution in [-0.4, -0.2) is 28.8 Å². The topological polar surface area (TPSA) is 64.3 Å². The molecular weight excluding hydrogens is 318 g/mol. The third-order valence-electron chi connectivity index (χ3n) is 3.16. The van der Waals surface area contributed by atoms with E-state index in [1.165, 1.54) is 16.3 Å². The monoisotopic (exact) mass is 333 g/mol. The zero-order chi connectivity index (χ0) is 15.7. The van der Waals surface area contributed by atoms with Crippen LogP contribution in [0.3, 0.4) is 0 Å². The van der Waals surface area contributed by atoms with E-state index < -0.39 is 9.84 Å². The van der Waals surface area contributed by atoms with Gasteiger partial charge >= 0.3 is 0 Å². The van der Waals surface area contributed by atoms with Crippen LogP contribution in [0.25, 0.3) is 5.65 Å². The van der Waals surface area contributed by atoms with E-state index in [1.807, 2.05) is 13.8 Å². The molecule has 0 atom stereocenters. The third kappa shape index (κ3) is 2.50. The van der Waals surface area contributed by atoms with E-state index in [0.717, 1.165) is 11.4 Å². The molecule has 5 nitrogen and oxygen atoms in total. The summed E-state index contributed by atoms with van der Waals surface area (Å²) in [6.07, 6.45) is 1.74. The standard InChI is InChI=1S/C15H15N3O2S2/c1-3-21-15-13(14-16-11(2)9-10-18(14)17-15)22(19,20)12-7-5-4-6-8-12/h4-10H,3H2,1-2H3. The Morgan fingerprint density at radius 1 is 1.18 bits per heavy atom. The largest absolute Gasteiger partial charge is 0.233 e. The maximum absolute atomic E-state index is 13.0. The number of aryl methyl sites for hydroxylation is 1. The zero-order valence-electron chi connectivity index (χ0n) is 12.2. The van der Waals surface area contributed by atoms with E-state index >= 15 is 0 Å². The summed E-state index contributed by atoms with van der Waals surface area (Å²) in [5, 5.41) is 4.86. The number of benzene rings is 1. The second-order valence-corrected chi connectivity index (χ2v) is 7.86. The van der Waals surface area contributed by atoms with E-state index in [2.05, 4.69) is 10.1 Å². The van der Waals surface area contributed by atoms with Crippen LogP contribution in [0.1, 0.15) is 12.6 Å². The van der Waals surface area contributed by atoms with Gasteiger partial charge in [0.05, 0.1) is 4.90 Å². The van der Waals surface area contributed by atoms with Gasteiger partial charge in [0, 0.05) is 11.9 Å². The van der Waals surface area contributed by atoms with Crippen molar-refractivity contribution in [1.82, 2.24) is 14.6 Å². The fourth-order valence-corrected chi connectivity index (χ4v) is 4.71. The lowest BCUT2D eigenvalue weighted by Gasteiger charge is -2.04. The molecule has 0 radical (unpaired) electrons.